The maximum absolute atomic E-state index is 12.2. The first-order chi connectivity index (χ1) is 24.1. The molecular formula is C46H56IrNO2S2-. The number of benzene rings is 3. The normalized spacial score (nSPS) is 12.8. The van der Waals surface area contributed by atoms with Crippen molar-refractivity contribution < 1.29 is 30.0 Å². The van der Waals surface area contributed by atoms with Crippen LogP contribution in [-0.2, 0) is 36.7 Å². The Bertz CT molecular complexity index is 2210. The summed E-state index contributed by atoms with van der Waals surface area (Å²) in [7, 11) is 0. The topological polar surface area (TPSA) is 50.2 Å². The van der Waals surface area contributed by atoms with E-state index >= 15 is 0 Å². The summed E-state index contributed by atoms with van der Waals surface area (Å²) in [5, 5.41) is 16.6. The molecule has 0 atom stereocenters. The number of nitrogens with zero attached hydrogens (tertiary/aromatic N) is 1. The molecule has 279 valence electrons. The van der Waals surface area contributed by atoms with E-state index in [0.29, 0.717) is 5.92 Å². The molecule has 0 saturated heterocycles. The Morgan fingerprint density at radius 2 is 1.46 bits per heavy atom. The molecule has 0 aliphatic rings. The van der Waals surface area contributed by atoms with Gasteiger partial charge in [-0.05, 0) is 73.1 Å². The van der Waals surface area contributed by atoms with Crippen molar-refractivity contribution in [3.8, 4) is 11.3 Å². The summed E-state index contributed by atoms with van der Waals surface area (Å²) in [4.78, 5) is 18.6. The van der Waals surface area contributed by atoms with Crippen LogP contribution in [0.15, 0.2) is 72.6 Å². The summed E-state index contributed by atoms with van der Waals surface area (Å²) in [5.41, 5.74) is 2.90. The number of ketones is 1. The number of aliphatic hydroxyl groups excluding tert-OH is 1. The summed E-state index contributed by atoms with van der Waals surface area (Å²) >= 11 is 3.80. The fourth-order valence-electron chi connectivity index (χ4n) is 6.72. The molecule has 0 unspecified atom stereocenters. The van der Waals surface area contributed by atoms with Crippen molar-refractivity contribution in [2.75, 3.05) is 0 Å². The van der Waals surface area contributed by atoms with Gasteiger partial charge in [0, 0.05) is 78.7 Å². The minimum absolute atomic E-state index is 0. The maximum atomic E-state index is 12.2. The minimum atomic E-state index is -0.337. The summed E-state index contributed by atoms with van der Waals surface area (Å²) < 4.78 is 3.98. The molecule has 3 aromatic carbocycles. The van der Waals surface area contributed by atoms with Gasteiger partial charge in [-0.15, -0.1) is 51.8 Å². The Morgan fingerprint density at radius 3 is 2.08 bits per heavy atom. The van der Waals surface area contributed by atoms with E-state index in [-0.39, 0.29) is 47.9 Å². The van der Waals surface area contributed by atoms with Crippen molar-refractivity contribution in [3.05, 3.63) is 89.1 Å². The van der Waals surface area contributed by atoms with Gasteiger partial charge in [0.15, 0.2) is 5.78 Å². The number of thiophene rings is 2. The van der Waals surface area contributed by atoms with E-state index < -0.39 is 0 Å². The second-order valence-corrected chi connectivity index (χ2v) is 18.3. The summed E-state index contributed by atoms with van der Waals surface area (Å²) in [5.74, 6) is 0.952. The van der Waals surface area contributed by atoms with Crippen LogP contribution < -0.4 is 0 Å². The molecule has 6 rings (SSSR count). The van der Waals surface area contributed by atoms with E-state index in [9.17, 15) is 9.90 Å². The monoisotopic (exact) mass is 911 g/mol. The van der Waals surface area contributed by atoms with Crippen LogP contribution in [0, 0.1) is 22.8 Å². The fraction of sp³-hybridized carbons (Fsp3) is 0.435. The molecule has 0 aliphatic heterocycles. The summed E-state index contributed by atoms with van der Waals surface area (Å²) in [6.07, 6.45) is 7.87. The quantitative estimate of drug-likeness (QED) is 0.0846. The summed E-state index contributed by atoms with van der Waals surface area (Å²) in [6.45, 7) is 23.5. The number of carbonyl (C=O) groups is 1. The van der Waals surface area contributed by atoms with Crippen LogP contribution in [0.2, 0.25) is 0 Å². The minimum Gasteiger partial charge on any atom is -0.512 e. The number of rotatable bonds is 10. The fourth-order valence-corrected chi connectivity index (χ4v) is 9.22. The van der Waals surface area contributed by atoms with Crippen molar-refractivity contribution in [1.82, 2.24) is 4.98 Å². The Balaban J connectivity index is 0.000000289. The molecular weight excluding hydrogens is 855 g/mol. The van der Waals surface area contributed by atoms with Crippen LogP contribution >= 0.6 is 22.7 Å². The van der Waals surface area contributed by atoms with Gasteiger partial charge in [0.05, 0.1) is 0 Å². The summed E-state index contributed by atoms with van der Waals surface area (Å²) in [6, 6.07) is 23.8. The second-order valence-electron chi connectivity index (χ2n) is 16.1. The van der Waals surface area contributed by atoms with Crippen molar-refractivity contribution in [1.29, 1.82) is 0 Å². The molecule has 6 aromatic rings. The van der Waals surface area contributed by atoms with Gasteiger partial charge in [0.1, 0.15) is 5.76 Å². The Morgan fingerprint density at radius 1 is 0.827 bits per heavy atom. The molecule has 1 radical (unpaired) electrons. The van der Waals surface area contributed by atoms with Gasteiger partial charge in [-0.2, -0.15) is 0 Å². The smallest absolute Gasteiger partial charge is 0.164 e. The van der Waals surface area contributed by atoms with Crippen molar-refractivity contribution in [2.45, 2.75) is 114 Å². The number of pyridine rings is 1. The largest absolute Gasteiger partial charge is 0.512 e. The van der Waals surface area contributed by atoms with E-state index in [4.69, 9.17) is 4.98 Å². The number of aliphatic hydroxyl groups is 1. The van der Waals surface area contributed by atoms with Gasteiger partial charge >= 0.3 is 0 Å². The number of aromatic nitrogens is 1. The average Bonchev–Trinajstić information content (AvgIpc) is 3.70. The van der Waals surface area contributed by atoms with Gasteiger partial charge in [-0.1, -0.05) is 105 Å². The first-order valence-electron chi connectivity index (χ1n) is 18.7. The first kappa shape index (κ1) is 41.9. The first-order valence-corrected chi connectivity index (χ1v) is 20.4. The van der Waals surface area contributed by atoms with Crippen molar-refractivity contribution in [2.24, 2.45) is 16.7 Å². The molecule has 0 amide bonds. The molecule has 0 bridgehead atoms. The molecule has 0 fully saturated rings. The van der Waals surface area contributed by atoms with Crippen LogP contribution in [0.5, 0.6) is 0 Å². The molecule has 3 heterocycles. The van der Waals surface area contributed by atoms with Crippen LogP contribution in [0.3, 0.4) is 0 Å². The maximum Gasteiger partial charge on any atom is 0.164 e. The predicted molar refractivity (Wildman–Crippen MR) is 225 cm³/mol. The molecule has 3 nitrogen and oxygen atoms in total. The number of allylic oxidation sites excluding steroid dienone is 2. The second kappa shape index (κ2) is 16.6. The molecule has 52 heavy (non-hydrogen) atoms. The number of carbonyl (C=O) groups excluding carboxylic acids is 1. The zero-order valence-electron chi connectivity index (χ0n) is 32.9. The van der Waals surface area contributed by atoms with Gasteiger partial charge in [-0.25, -0.2) is 0 Å². The standard InChI is InChI=1S/C31H28NS2.C15H28O2.Ir/c1-18(2)14-21-17-24-26(33-21)10-11-27-28(24)23-12-13-32-29(30(23)34-27)20-15-19-8-6-7-9-22(19)25(16-20)31(3,4)5;1-7-14(5,8-2)12(16)11-13(17)15(6,9-3)10-4;/h6-13,16-18H,14H2,1-5H3;11,16H,7-10H2,1-6H3;/q-1;;/b;12-11-;. The molecule has 0 aliphatic carbocycles. The van der Waals surface area contributed by atoms with Crippen molar-refractivity contribution in [3.63, 3.8) is 0 Å². The Kier molecular flexibility index (Phi) is 13.4. The molecule has 1 N–H and O–H groups in total. The van der Waals surface area contributed by atoms with E-state index in [0.717, 1.165) is 48.7 Å². The zero-order chi connectivity index (χ0) is 37.3. The number of hydrogen-bond acceptors (Lipinski definition) is 5. The Hall–Kier alpha value is -2.89. The van der Waals surface area contributed by atoms with Crippen LogP contribution in [0.25, 0.3) is 52.3 Å². The third kappa shape index (κ3) is 8.41. The molecule has 6 heteroatoms. The van der Waals surface area contributed by atoms with E-state index in [1.54, 1.807) is 0 Å². The van der Waals surface area contributed by atoms with Gasteiger partial charge < -0.3 is 5.11 Å². The zero-order valence-corrected chi connectivity index (χ0v) is 36.9. The van der Waals surface area contributed by atoms with E-state index in [1.807, 2.05) is 70.4 Å². The van der Waals surface area contributed by atoms with E-state index in [1.165, 1.54) is 52.2 Å². The third-order valence-corrected chi connectivity index (χ3v) is 13.4. The van der Waals surface area contributed by atoms with Gasteiger partial charge in [0.25, 0.3) is 0 Å². The molecule has 0 saturated carbocycles. The molecule has 0 spiro atoms. The predicted octanol–water partition coefficient (Wildman–Crippen LogP) is 14.4. The average molecular weight is 911 g/mol. The van der Waals surface area contributed by atoms with Gasteiger partial charge in [0.2, 0.25) is 0 Å². The van der Waals surface area contributed by atoms with E-state index in [2.05, 4.69) is 95.3 Å². The van der Waals surface area contributed by atoms with Crippen LogP contribution in [-0.4, -0.2) is 15.9 Å². The number of hydrogen-bond donors (Lipinski definition) is 1. The van der Waals surface area contributed by atoms with Crippen LogP contribution in [0.1, 0.15) is 112 Å². The Labute approximate surface area is 333 Å². The molecule has 3 aromatic heterocycles. The van der Waals surface area contributed by atoms with Crippen molar-refractivity contribution >= 4 is 69.5 Å². The SMILES string of the molecule is CC(C)Cc1cc2c(ccc3sc4c(-c5[c-]c6ccccc6c(C(C)(C)C)c5)nccc4c32)s1.CCC(C)(CC)C(=O)/C=C(\O)C(C)(CC)CC.[Ir]. The van der Waals surface area contributed by atoms with Crippen LogP contribution in [0.4, 0.5) is 0 Å². The third-order valence-electron chi connectivity index (χ3n) is 11.1. The number of fused-ring (bicyclic) bond motifs is 6. The van der Waals surface area contributed by atoms with Gasteiger partial charge in [-0.3, -0.25) is 9.78 Å².